The van der Waals surface area contributed by atoms with Crippen LogP contribution in [0.5, 0.6) is 11.5 Å². The van der Waals surface area contributed by atoms with E-state index in [1.807, 2.05) is 0 Å². The molecule has 7 nitrogen and oxygen atoms in total. The van der Waals surface area contributed by atoms with Crippen molar-refractivity contribution in [3.63, 3.8) is 0 Å². The average molecular weight is 483 g/mol. The Morgan fingerprint density at radius 3 is 1.91 bits per heavy atom. The topological polar surface area (TPSA) is 96.9 Å². The third-order valence-corrected chi connectivity index (χ3v) is 6.33. The molecule has 2 amide bonds. The van der Waals surface area contributed by atoms with Crippen LogP contribution in [-0.4, -0.2) is 41.2 Å². The van der Waals surface area contributed by atoms with Crippen LogP contribution < -0.4 is 20.1 Å². The van der Waals surface area contributed by atoms with E-state index < -0.39 is 5.82 Å². The molecule has 2 bridgehead atoms. The average Bonchev–Trinajstić information content (AvgIpc) is 2.71. The van der Waals surface area contributed by atoms with Crippen LogP contribution >= 0.6 is 23.2 Å². The van der Waals surface area contributed by atoms with Gasteiger partial charge in [-0.25, -0.2) is 4.39 Å². The van der Waals surface area contributed by atoms with Crippen molar-refractivity contribution in [1.82, 2.24) is 10.6 Å². The second-order valence-corrected chi connectivity index (χ2v) is 9.07. The molecule has 3 fully saturated rings. The van der Waals surface area contributed by atoms with Crippen molar-refractivity contribution < 1.29 is 28.6 Å². The Kier molecular flexibility index (Phi) is 6.20. The molecule has 5 rings (SSSR count). The molecule has 0 saturated heterocycles. The fourth-order valence-electron chi connectivity index (χ4n) is 4.34. The molecule has 2 aromatic rings. The van der Waals surface area contributed by atoms with Gasteiger partial charge in [-0.1, -0.05) is 23.2 Å². The maximum absolute atomic E-state index is 13.4. The van der Waals surface area contributed by atoms with E-state index in [0.29, 0.717) is 35.6 Å². The minimum atomic E-state index is -0.615. The van der Waals surface area contributed by atoms with E-state index in [1.165, 1.54) is 12.1 Å². The Labute approximate surface area is 193 Å². The third kappa shape index (κ3) is 4.77. The van der Waals surface area contributed by atoms with Crippen molar-refractivity contribution in [2.24, 2.45) is 0 Å². The SMILES string of the molecule is O=C(COc1ccc(Cl)c(F)c1)NC12CC(NC(=O)COc3ccc(Cl)c(CO)c3)(C1)C2. The molecule has 3 saturated carbocycles. The first kappa shape index (κ1) is 22.6. The van der Waals surface area contributed by atoms with Gasteiger partial charge >= 0.3 is 0 Å². The highest BCUT2D eigenvalue weighted by atomic mass is 35.5. The van der Waals surface area contributed by atoms with Crippen LogP contribution in [0.4, 0.5) is 4.39 Å². The lowest BCUT2D eigenvalue weighted by Crippen LogP contribution is -2.84. The smallest absolute Gasteiger partial charge is 0.258 e. The van der Waals surface area contributed by atoms with Gasteiger partial charge in [0, 0.05) is 22.2 Å². The first-order valence-electron chi connectivity index (χ1n) is 9.94. The predicted octanol–water partition coefficient (Wildman–Crippen LogP) is 2.99. The molecule has 3 aliphatic rings. The second-order valence-electron chi connectivity index (χ2n) is 8.25. The van der Waals surface area contributed by atoms with Gasteiger partial charge in [-0.15, -0.1) is 0 Å². The number of aliphatic hydroxyl groups excluding tert-OH is 1. The normalized spacial score (nSPS) is 22.9. The molecule has 3 aliphatic carbocycles. The number of ether oxygens (including phenoxy) is 2. The van der Waals surface area contributed by atoms with Gasteiger partial charge in [-0.2, -0.15) is 0 Å². The van der Waals surface area contributed by atoms with Gasteiger partial charge in [0.05, 0.1) is 11.6 Å². The Bertz CT molecular complexity index is 1040. The van der Waals surface area contributed by atoms with E-state index in [0.717, 1.165) is 6.07 Å². The van der Waals surface area contributed by atoms with Crippen molar-refractivity contribution in [2.75, 3.05) is 13.2 Å². The van der Waals surface area contributed by atoms with Crippen LogP contribution in [0, 0.1) is 5.82 Å². The molecule has 32 heavy (non-hydrogen) atoms. The molecular weight excluding hydrogens is 462 g/mol. The van der Waals surface area contributed by atoms with Crippen LogP contribution in [0.2, 0.25) is 10.0 Å². The fraction of sp³-hybridized carbons (Fsp3) is 0.364. The van der Waals surface area contributed by atoms with Crippen LogP contribution in [0.15, 0.2) is 36.4 Å². The number of carbonyl (C=O) groups excluding carboxylic acids is 2. The van der Waals surface area contributed by atoms with Crippen LogP contribution in [0.1, 0.15) is 24.8 Å². The number of hydrogen-bond donors (Lipinski definition) is 3. The quantitative estimate of drug-likeness (QED) is 0.510. The summed E-state index contributed by atoms with van der Waals surface area (Å²) in [6.07, 6.45) is 1.88. The van der Waals surface area contributed by atoms with Crippen molar-refractivity contribution >= 4 is 35.0 Å². The molecule has 3 N–H and O–H groups in total. The fourth-order valence-corrected chi connectivity index (χ4v) is 4.64. The summed E-state index contributed by atoms with van der Waals surface area (Å²) in [5.41, 5.74) is -0.150. The highest BCUT2D eigenvalue weighted by Gasteiger charge is 2.69. The summed E-state index contributed by atoms with van der Waals surface area (Å²) < 4.78 is 24.2. The van der Waals surface area contributed by atoms with Gasteiger partial charge in [-0.05, 0) is 55.2 Å². The molecule has 0 heterocycles. The largest absolute Gasteiger partial charge is 0.484 e. The summed E-state index contributed by atoms with van der Waals surface area (Å²) in [4.78, 5) is 24.4. The van der Waals surface area contributed by atoms with Crippen LogP contribution in [-0.2, 0) is 16.2 Å². The summed E-state index contributed by atoms with van der Waals surface area (Å²) in [7, 11) is 0. The third-order valence-electron chi connectivity index (χ3n) is 5.66. The molecule has 10 heteroatoms. The Morgan fingerprint density at radius 1 is 0.906 bits per heavy atom. The molecule has 0 aromatic heterocycles. The molecular formula is C22H21Cl2FN2O5. The zero-order valence-electron chi connectivity index (χ0n) is 16.9. The van der Waals surface area contributed by atoms with Crippen molar-refractivity contribution in [3.05, 3.63) is 57.8 Å². The Balaban J connectivity index is 1.18. The highest BCUT2D eigenvalue weighted by Crippen LogP contribution is 2.60. The Hall–Kier alpha value is -2.55. The first-order chi connectivity index (χ1) is 15.2. The predicted molar refractivity (Wildman–Crippen MR) is 115 cm³/mol. The van der Waals surface area contributed by atoms with Gasteiger partial charge in [-0.3, -0.25) is 9.59 Å². The molecule has 0 spiro atoms. The number of amides is 2. The minimum Gasteiger partial charge on any atom is -0.484 e. The number of benzene rings is 2. The van der Waals surface area contributed by atoms with E-state index in [9.17, 15) is 19.1 Å². The summed E-state index contributed by atoms with van der Waals surface area (Å²) in [6, 6.07) is 8.78. The first-order valence-corrected chi connectivity index (χ1v) is 10.7. The molecule has 0 atom stereocenters. The van der Waals surface area contributed by atoms with E-state index in [1.54, 1.807) is 18.2 Å². The number of halogens is 3. The summed E-state index contributed by atoms with van der Waals surface area (Å²) in [5, 5.41) is 15.5. The monoisotopic (exact) mass is 482 g/mol. The summed E-state index contributed by atoms with van der Waals surface area (Å²) in [5.74, 6) is -0.537. The van der Waals surface area contributed by atoms with Gasteiger partial charge in [0.15, 0.2) is 13.2 Å². The minimum absolute atomic E-state index is 0.0171. The highest BCUT2D eigenvalue weighted by molar-refractivity contribution is 6.31. The van der Waals surface area contributed by atoms with E-state index >= 15 is 0 Å². The maximum Gasteiger partial charge on any atom is 0.258 e. The molecule has 0 unspecified atom stereocenters. The van der Waals surface area contributed by atoms with E-state index in [2.05, 4.69) is 10.6 Å². The van der Waals surface area contributed by atoms with Crippen LogP contribution in [0.25, 0.3) is 0 Å². The lowest BCUT2D eigenvalue weighted by Gasteiger charge is -2.70. The van der Waals surface area contributed by atoms with Crippen molar-refractivity contribution in [2.45, 2.75) is 36.9 Å². The van der Waals surface area contributed by atoms with Crippen molar-refractivity contribution in [1.29, 1.82) is 0 Å². The maximum atomic E-state index is 13.4. The van der Waals surface area contributed by atoms with Gasteiger partial charge in [0.25, 0.3) is 11.8 Å². The van der Waals surface area contributed by atoms with Crippen molar-refractivity contribution in [3.8, 4) is 11.5 Å². The van der Waals surface area contributed by atoms with Gasteiger partial charge in [0.1, 0.15) is 17.3 Å². The zero-order chi connectivity index (χ0) is 22.9. The van der Waals surface area contributed by atoms with Gasteiger partial charge in [0.2, 0.25) is 0 Å². The molecule has 0 radical (unpaired) electrons. The number of hydrogen-bond acceptors (Lipinski definition) is 5. The molecule has 170 valence electrons. The number of carbonyl (C=O) groups is 2. The lowest BCUT2D eigenvalue weighted by molar-refractivity contribution is -0.151. The number of nitrogens with one attached hydrogen (secondary N) is 2. The van der Waals surface area contributed by atoms with Crippen LogP contribution in [0.3, 0.4) is 0 Å². The Morgan fingerprint density at radius 2 is 1.41 bits per heavy atom. The zero-order valence-corrected chi connectivity index (χ0v) is 18.4. The second kappa shape index (κ2) is 8.77. The summed E-state index contributed by atoms with van der Waals surface area (Å²) in [6.45, 7) is -0.632. The summed E-state index contributed by atoms with van der Waals surface area (Å²) >= 11 is 11.6. The number of aliphatic hydroxyl groups is 1. The standard InChI is InChI=1S/C22H21Cl2FN2O5/c23-16-3-1-14(5-13(16)7-28)31-8-19(29)26-21-10-22(11-21,12-21)27-20(30)9-32-15-2-4-17(24)18(25)6-15/h1-6,28H,7-12H2,(H,26,29)(H,27,30). The molecule has 0 aliphatic heterocycles. The van der Waals surface area contributed by atoms with E-state index in [-0.39, 0.29) is 53.5 Å². The lowest BCUT2D eigenvalue weighted by atomic mass is 9.44. The molecule has 2 aromatic carbocycles. The number of rotatable bonds is 9. The van der Waals surface area contributed by atoms with E-state index in [4.69, 9.17) is 32.7 Å². The van der Waals surface area contributed by atoms with Gasteiger partial charge < -0.3 is 25.2 Å².